The van der Waals surface area contributed by atoms with Gasteiger partial charge >= 0.3 is 5.97 Å². The molecule has 3 N–H and O–H groups in total. The number of aromatic nitrogens is 2. The summed E-state index contributed by atoms with van der Waals surface area (Å²) >= 11 is 6.32. The quantitative estimate of drug-likeness (QED) is 0.345. The molecular formula is C26H33ClN4O5. The van der Waals surface area contributed by atoms with Gasteiger partial charge in [-0.1, -0.05) is 17.7 Å². The molecule has 3 heterocycles. The number of ether oxygens (including phenoxy) is 2. The molecule has 1 aliphatic carbocycles. The number of hydrogen-bond donors (Lipinski definition) is 3. The van der Waals surface area contributed by atoms with Crippen LogP contribution in [0.25, 0.3) is 0 Å². The number of carbonyl (C=O) groups excluding carboxylic acids is 1. The van der Waals surface area contributed by atoms with Gasteiger partial charge in [0.25, 0.3) is 0 Å². The lowest BCUT2D eigenvalue weighted by molar-refractivity contribution is -0.142. The molecule has 10 heteroatoms. The van der Waals surface area contributed by atoms with Crippen molar-refractivity contribution >= 4 is 29.3 Å². The zero-order chi connectivity index (χ0) is 25.5. The maximum absolute atomic E-state index is 13.1. The van der Waals surface area contributed by atoms with Crippen LogP contribution >= 0.6 is 11.6 Å². The monoisotopic (exact) mass is 516 g/mol. The molecule has 194 valence electrons. The number of nitrogens with zero attached hydrogens (tertiary/aromatic N) is 2. The van der Waals surface area contributed by atoms with Crippen molar-refractivity contribution in [2.75, 3.05) is 32.2 Å². The van der Waals surface area contributed by atoms with Crippen LogP contribution in [0, 0.1) is 0 Å². The molecule has 4 rings (SSSR count). The van der Waals surface area contributed by atoms with Crippen molar-refractivity contribution in [3.05, 3.63) is 46.4 Å². The fourth-order valence-electron chi connectivity index (χ4n) is 4.63. The van der Waals surface area contributed by atoms with E-state index in [1.165, 1.54) is 25.1 Å². The van der Waals surface area contributed by atoms with Gasteiger partial charge in [0.2, 0.25) is 5.91 Å². The number of halogens is 1. The molecule has 0 saturated heterocycles. The Morgan fingerprint density at radius 1 is 1.25 bits per heavy atom. The van der Waals surface area contributed by atoms with Crippen LogP contribution in [0.2, 0.25) is 5.02 Å². The molecule has 0 radical (unpaired) electrons. The molecule has 1 amide bonds. The number of methoxy groups -OCH3 is 1. The van der Waals surface area contributed by atoms with Crippen molar-refractivity contribution in [2.24, 2.45) is 0 Å². The Balaban J connectivity index is 1.20. The van der Waals surface area contributed by atoms with Gasteiger partial charge in [0.05, 0.1) is 23.7 Å². The van der Waals surface area contributed by atoms with Gasteiger partial charge in [-0.2, -0.15) is 0 Å². The van der Waals surface area contributed by atoms with Gasteiger partial charge in [0.15, 0.2) is 0 Å². The lowest BCUT2D eigenvalue weighted by Gasteiger charge is -2.22. The number of fused-ring (bicyclic) bond motifs is 1. The second kappa shape index (κ2) is 11.9. The van der Waals surface area contributed by atoms with Crippen LogP contribution in [0.4, 0.5) is 5.82 Å². The Kier molecular flexibility index (Phi) is 8.64. The molecule has 1 atom stereocenters. The molecule has 1 fully saturated rings. The third-order valence-electron chi connectivity index (χ3n) is 6.83. The van der Waals surface area contributed by atoms with E-state index in [0.717, 1.165) is 50.2 Å². The van der Waals surface area contributed by atoms with E-state index in [1.807, 2.05) is 0 Å². The number of hydrogen-bond acceptors (Lipinski definition) is 7. The van der Waals surface area contributed by atoms with E-state index in [0.29, 0.717) is 35.8 Å². The topological polar surface area (TPSA) is 123 Å². The first-order chi connectivity index (χ1) is 17.4. The molecule has 0 bridgehead atoms. The Hall–Kier alpha value is -2.91. The first kappa shape index (κ1) is 26.2. The predicted octanol–water partition coefficient (Wildman–Crippen LogP) is 3.53. The number of rotatable bonds is 13. The summed E-state index contributed by atoms with van der Waals surface area (Å²) in [7, 11) is 1.49. The molecule has 2 aromatic rings. The van der Waals surface area contributed by atoms with Crippen LogP contribution in [0.15, 0.2) is 24.5 Å². The predicted molar refractivity (Wildman–Crippen MR) is 136 cm³/mol. The molecule has 1 saturated carbocycles. The van der Waals surface area contributed by atoms with Gasteiger partial charge in [-0.25, -0.2) is 9.78 Å². The second-order valence-electron chi connectivity index (χ2n) is 9.34. The molecule has 1 aliphatic heterocycles. The second-order valence-corrected chi connectivity index (χ2v) is 9.75. The maximum Gasteiger partial charge on any atom is 0.326 e. The van der Waals surface area contributed by atoms with Crippen molar-refractivity contribution in [1.29, 1.82) is 0 Å². The van der Waals surface area contributed by atoms with E-state index < -0.39 is 17.4 Å². The van der Waals surface area contributed by atoms with E-state index in [2.05, 4.69) is 27.8 Å². The van der Waals surface area contributed by atoms with Crippen molar-refractivity contribution in [3.8, 4) is 5.75 Å². The smallest absolute Gasteiger partial charge is 0.326 e. The number of aryl methyl sites for hydroxylation is 2. The zero-order valence-corrected chi connectivity index (χ0v) is 21.3. The van der Waals surface area contributed by atoms with Gasteiger partial charge in [-0.05, 0) is 56.6 Å². The SMILES string of the molecule is COc1cncc(Cl)c1C1(C(=O)NC(CCOCCCCc2ccc3c(n2)NCCC3)C(=O)O)CC1. The van der Waals surface area contributed by atoms with Gasteiger partial charge in [-0.15, -0.1) is 0 Å². The van der Waals surface area contributed by atoms with E-state index in [-0.39, 0.29) is 18.9 Å². The highest BCUT2D eigenvalue weighted by atomic mass is 35.5. The molecular weight excluding hydrogens is 484 g/mol. The minimum atomic E-state index is -1.09. The minimum absolute atomic E-state index is 0.177. The molecule has 9 nitrogen and oxygen atoms in total. The van der Waals surface area contributed by atoms with E-state index >= 15 is 0 Å². The van der Waals surface area contributed by atoms with Crippen molar-refractivity contribution in [3.63, 3.8) is 0 Å². The number of carbonyl (C=O) groups is 2. The highest BCUT2D eigenvalue weighted by Crippen LogP contribution is 2.53. The number of anilines is 1. The Morgan fingerprint density at radius 2 is 2.08 bits per heavy atom. The Labute approximate surface area is 216 Å². The summed E-state index contributed by atoms with van der Waals surface area (Å²) in [5.41, 5.74) is 2.02. The summed E-state index contributed by atoms with van der Waals surface area (Å²) in [5.74, 6) is -0.0300. The summed E-state index contributed by atoms with van der Waals surface area (Å²) in [6.07, 6.45) is 9.16. The summed E-state index contributed by atoms with van der Waals surface area (Å²) in [5, 5.41) is 16.0. The highest BCUT2D eigenvalue weighted by molar-refractivity contribution is 6.32. The average molecular weight is 517 g/mol. The van der Waals surface area contributed by atoms with E-state index in [9.17, 15) is 14.7 Å². The summed E-state index contributed by atoms with van der Waals surface area (Å²) in [6, 6.07) is 3.20. The molecule has 1 unspecified atom stereocenters. The normalized spacial score (nSPS) is 16.4. The lowest BCUT2D eigenvalue weighted by Crippen LogP contribution is -2.46. The number of unbranched alkanes of at least 4 members (excludes halogenated alkanes) is 1. The van der Waals surface area contributed by atoms with Crippen LogP contribution in [0.3, 0.4) is 0 Å². The fraction of sp³-hybridized carbons (Fsp3) is 0.538. The van der Waals surface area contributed by atoms with Crippen LogP contribution in [-0.4, -0.2) is 59.9 Å². The Morgan fingerprint density at radius 3 is 2.83 bits per heavy atom. The molecule has 0 spiro atoms. The summed E-state index contributed by atoms with van der Waals surface area (Å²) in [6.45, 7) is 1.74. The van der Waals surface area contributed by atoms with E-state index in [4.69, 9.17) is 26.1 Å². The van der Waals surface area contributed by atoms with Crippen molar-refractivity contribution < 1.29 is 24.2 Å². The van der Waals surface area contributed by atoms with Gasteiger partial charge in [0, 0.05) is 43.6 Å². The first-order valence-corrected chi connectivity index (χ1v) is 12.8. The van der Waals surface area contributed by atoms with Crippen molar-refractivity contribution in [2.45, 2.75) is 62.8 Å². The number of aliphatic carboxylic acids is 1. The van der Waals surface area contributed by atoms with E-state index in [1.54, 1.807) is 0 Å². The van der Waals surface area contributed by atoms with Crippen LogP contribution < -0.4 is 15.4 Å². The maximum atomic E-state index is 13.1. The highest BCUT2D eigenvalue weighted by Gasteiger charge is 2.54. The zero-order valence-electron chi connectivity index (χ0n) is 20.5. The average Bonchev–Trinajstić information content (AvgIpc) is 3.68. The summed E-state index contributed by atoms with van der Waals surface area (Å²) in [4.78, 5) is 33.6. The molecule has 0 aromatic carbocycles. The standard InChI is InChI=1S/C26H33ClN4O5/c1-35-21-16-28-15-19(27)22(21)26(10-11-26)25(34)31-20(24(32)33)9-14-36-13-3-2-6-18-8-7-17-5-4-12-29-23(17)30-18/h7-8,15-16,20H,2-6,9-14H2,1H3,(H,29,30)(H,31,34)(H,32,33). The largest absolute Gasteiger partial charge is 0.495 e. The molecule has 36 heavy (non-hydrogen) atoms. The van der Waals surface area contributed by atoms with Crippen molar-refractivity contribution in [1.82, 2.24) is 15.3 Å². The Bertz CT molecular complexity index is 1090. The molecule has 2 aromatic heterocycles. The van der Waals surface area contributed by atoms with Gasteiger partial charge < -0.3 is 25.2 Å². The van der Waals surface area contributed by atoms with Crippen LogP contribution in [-0.2, 0) is 32.6 Å². The fourth-order valence-corrected chi connectivity index (χ4v) is 4.96. The number of carboxylic acids is 1. The number of carboxylic acid groups (broad SMARTS) is 1. The number of pyridine rings is 2. The van der Waals surface area contributed by atoms with Gasteiger partial charge in [0.1, 0.15) is 17.6 Å². The summed E-state index contributed by atoms with van der Waals surface area (Å²) < 4.78 is 11.0. The first-order valence-electron chi connectivity index (χ1n) is 12.5. The third-order valence-corrected chi connectivity index (χ3v) is 7.11. The lowest BCUT2D eigenvalue weighted by atomic mass is 9.94. The van der Waals surface area contributed by atoms with Gasteiger partial charge in [-0.3, -0.25) is 9.78 Å². The number of amides is 1. The van der Waals surface area contributed by atoms with Crippen LogP contribution in [0.5, 0.6) is 5.75 Å². The third kappa shape index (κ3) is 6.07. The molecule has 2 aliphatic rings. The number of nitrogens with one attached hydrogen (secondary N) is 2. The van der Waals surface area contributed by atoms with Crippen LogP contribution in [0.1, 0.15) is 55.3 Å². The minimum Gasteiger partial charge on any atom is -0.495 e.